The summed E-state index contributed by atoms with van der Waals surface area (Å²) >= 11 is 2.92. The Hall–Kier alpha value is -2.32. The zero-order valence-corrected chi connectivity index (χ0v) is 15.3. The number of ether oxygens (including phenoxy) is 1. The van der Waals surface area contributed by atoms with Crippen LogP contribution in [0.25, 0.3) is 10.7 Å². The van der Waals surface area contributed by atoms with Gasteiger partial charge in [0.2, 0.25) is 11.1 Å². The average molecular weight is 374 g/mol. The van der Waals surface area contributed by atoms with E-state index >= 15 is 0 Å². The average Bonchev–Trinajstić information content (AvgIpc) is 3.32. The molecule has 3 rings (SSSR count). The first-order valence-electron chi connectivity index (χ1n) is 7.73. The number of methoxy groups -OCH3 is 1. The van der Waals surface area contributed by atoms with Crippen molar-refractivity contribution in [2.24, 2.45) is 0 Å². The number of aromatic nitrogens is 3. The van der Waals surface area contributed by atoms with Gasteiger partial charge in [-0.3, -0.25) is 9.89 Å². The normalized spacial score (nSPS) is 10.6. The van der Waals surface area contributed by atoms with E-state index in [1.165, 1.54) is 11.8 Å². The second kappa shape index (κ2) is 8.68. The van der Waals surface area contributed by atoms with Crippen molar-refractivity contribution < 1.29 is 9.53 Å². The number of H-pyrrole nitrogens is 1. The Labute approximate surface area is 154 Å². The highest BCUT2D eigenvalue weighted by Crippen LogP contribution is 2.23. The van der Waals surface area contributed by atoms with E-state index in [9.17, 15) is 4.79 Å². The third-order valence-electron chi connectivity index (χ3n) is 3.45. The number of hydrogen-bond acceptors (Lipinski definition) is 6. The van der Waals surface area contributed by atoms with Gasteiger partial charge >= 0.3 is 0 Å². The summed E-state index contributed by atoms with van der Waals surface area (Å²) in [5, 5.41) is 12.5. The molecule has 1 amide bonds. The molecule has 0 saturated carbocycles. The van der Waals surface area contributed by atoms with Gasteiger partial charge in [-0.1, -0.05) is 30.0 Å². The van der Waals surface area contributed by atoms with E-state index in [2.05, 4.69) is 20.5 Å². The molecule has 0 radical (unpaired) electrons. The summed E-state index contributed by atoms with van der Waals surface area (Å²) in [4.78, 5) is 17.3. The van der Waals surface area contributed by atoms with Crippen molar-refractivity contribution in [3.8, 4) is 16.5 Å². The van der Waals surface area contributed by atoms with E-state index in [1.54, 1.807) is 18.4 Å². The quantitative estimate of drug-likeness (QED) is 0.593. The predicted molar refractivity (Wildman–Crippen MR) is 100 cm³/mol. The van der Waals surface area contributed by atoms with Gasteiger partial charge in [-0.25, -0.2) is 4.98 Å². The number of benzene rings is 1. The summed E-state index contributed by atoms with van der Waals surface area (Å²) in [6.45, 7) is 0.597. The van der Waals surface area contributed by atoms with Crippen LogP contribution in [0.15, 0.2) is 46.9 Å². The minimum atomic E-state index is -0.0269. The third kappa shape index (κ3) is 5.07. The lowest BCUT2D eigenvalue weighted by atomic mass is 10.1. The van der Waals surface area contributed by atoms with Crippen molar-refractivity contribution in [3.63, 3.8) is 0 Å². The van der Waals surface area contributed by atoms with Crippen molar-refractivity contribution >= 4 is 29.0 Å². The zero-order valence-electron chi connectivity index (χ0n) is 13.7. The van der Waals surface area contributed by atoms with E-state index in [4.69, 9.17) is 4.74 Å². The molecule has 0 atom stereocenters. The zero-order chi connectivity index (χ0) is 17.5. The highest BCUT2D eigenvalue weighted by atomic mass is 32.2. The number of carbonyl (C=O) groups is 1. The summed E-state index contributed by atoms with van der Waals surface area (Å²) < 4.78 is 5.12. The number of rotatable bonds is 8. The number of hydrogen-bond donors (Lipinski definition) is 2. The molecule has 130 valence electrons. The van der Waals surface area contributed by atoms with Gasteiger partial charge in [0.25, 0.3) is 0 Å². The van der Waals surface area contributed by atoms with Gasteiger partial charge < -0.3 is 10.1 Å². The molecule has 2 heterocycles. The second-order valence-electron chi connectivity index (χ2n) is 5.18. The first-order chi connectivity index (χ1) is 12.2. The van der Waals surface area contributed by atoms with Gasteiger partial charge in [0.05, 0.1) is 17.7 Å². The number of nitrogens with one attached hydrogen (secondary N) is 2. The van der Waals surface area contributed by atoms with E-state index in [-0.39, 0.29) is 5.91 Å². The predicted octanol–water partition coefficient (Wildman–Crippen LogP) is 2.99. The first-order valence-corrected chi connectivity index (χ1v) is 9.60. The topological polar surface area (TPSA) is 79.9 Å². The lowest BCUT2D eigenvalue weighted by Gasteiger charge is -2.05. The Morgan fingerprint density at radius 1 is 1.32 bits per heavy atom. The van der Waals surface area contributed by atoms with Crippen LogP contribution in [0.2, 0.25) is 0 Å². The number of carbonyl (C=O) groups excluding carboxylic acids is 1. The van der Waals surface area contributed by atoms with E-state index < -0.39 is 0 Å². The molecule has 6 nitrogen and oxygen atoms in total. The maximum atomic E-state index is 11.9. The standard InChI is InChI=1S/C17H18N4O2S2/c1-23-13-6-4-12(5-7-13)8-9-18-15(22)11-25-17-19-16(20-21-17)14-3-2-10-24-14/h2-7,10H,8-9,11H2,1H3,(H,18,22)(H,19,20,21). The van der Waals surface area contributed by atoms with Crippen LogP contribution in [-0.4, -0.2) is 40.5 Å². The summed E-state index contributed by atoms with van der Waals surface area (Å²) in [5.74, 6) is 1.83. The van der Waals surface area contributed by atoms with Crippen LogP contribution in [0.4, 0.5) is 0 Å². The highest BCUT2D eigenvalue weighted by molar-refractivity contribution is 7.99. The summed E-state index contributed by atoms with van der Waals surface area (Å²) in [5.41, 5.74) is 1.16. The largest absolute Gasteiger partial charge is 0.497 e. The molecule has 0 bridgehead atoms. The van der Waals surface area contributed by atoms with Crippen molar-refractivity contribution in [2.75, 3.05) is 19.4 Å². The number of nitrogens with zero attached hydrogens (tertiary/aromatic N) is 2. The van der Waals surface area contributed by atoms with Crippen LogP contribution < -0.4 is 10.1 Å². The number of aromatic amines is 1. The van der Waals surface area contributed by atoms with Crippen LogP contribution >= 0.6 is 23.1 Å². The molecule has 0 spiro atoms. The van der Waals surface area contributed by atoms with Crippen LogP contribution in [0.3, 0.4) is 0 Å². The molecular weight excluding hydrogens is 356 g/mol. The molecule has 0 aliphatic rings. The SMILES string of the molecule is COc1ccc(CCNC(=O)CSc2n[nH]c(-c3cccs3)n2)cc1. The van der Waals surface area contributed by atoms with Gasteiger partial charge in [-0.15, -0.1) is 16.4 Å². The van der Waals surface area contributed by atoms with E-state index in [1.807, 2.05) is 41.8 Å². The summed E-state index contributed by atoms with van der Waals surface area (Å²) in [6, 6.07) is 11.8. The Morgan fingerprint density at radius 2 is 2.16 bits per heavy atom. The van der Waals surface area contributed by atoms with E-state index in [0.717, 1.165) is 28.4 Å². The van der Waals surface area contributed by atoms with Gasteiger partial charge in [-0.2, -0.15) is 0 Å². The summed E-state index contributed by atoms with van der Waals surface area (Å²) in [6.07, 6.45) is 0.781. The van der Waals surface area contributed by atoms with E-state index in [0.29, 0.717) is 17.5 Å². The fourth-order valence-electron chi connectivity index (χ4n) is 2.15. The highest BCUT2D eigenvalue weighted by Gasteiger charge is 2.09. The number of thioether (sulfide) groups is 1. The molecule has 0 aliphatic heterocycles. The van der Waals surface area contributed by atoms with Crippen molar-refractivity contribution in [3.05, 3.63) is 47.3 Å². The fourth-order valence-corrected chi connectivity index (χ4v) is 3.45. The molecule has 0 fully saturated rings. The molecular formula is C17H18N4O2S2. The monoisotopic (exact) mass is 374 g/mol. The number of thiophene rings is 1. The second-order valence-corrected chi connectivity index (χ2v) is 7.07. The maximum absolute atomic E-state index is 11.9. The Balaban J connectivity index is 1.39. The Morgan fingerprint density at radius 3 is 2.88 bits per heavy atom. The van der Waals surface area contributed by atoms with Gasteiger partial charge in [0.1, 0.15) is 5.75 Å². The van der Waals surface area contributed by atoms with Crippen LogP contribution in [-0.2, 0) is 11.2 Å². The van der Waals surface area contributed by atoms with Gasteiger partial charge in [0.15, 0.2) is 5.82 Å². The number of amides is 1. The lowest BCUT2D eigenvalue weighted by Crippen LogP contribution is -2.27. The maximum Gasteiger partial charge on any atom is 0.230 e. The molecule has 0 aliphatic carbocycles. The van der Waals surface area contributed by atoms with Crippen LogP contribution in [0.1, 0.15) is 5.56 Å². The molecule has 0 unspecified atom stereocenters. The Bertz CT molecular complexity index is 800. The van der Waals surface area contributed by atoms with Crippen molar-refractivity contribution in [1.29, 1.82) is 0 Å². The lowest BCUT2D eigenvalue weighted by molar-refractivity contribution is -0.118. The molecule has 2 aromatic heterocycles. The molecule has 8 heteroatoms. The van der Waals surface area contributed by atoms with Crippen LogP contribution in [0.5, 0.6) is 5.75 Å². The first kappa shape index (κ1) is 17.5. The van der Waals surface area contributed by atoms with Gasteiger partial charge in [-0.05, 0) is 35.6 Å². The minimum absolute atomic E-state index is 0.0269. The van der Waals surface area contributed by atoms with Gasteiger partial charge in [0, 0.05) is 6.54 Å². The third-order valence-corrected chi connectivity index (χ3v) is 5.17. The smallest absolute Gasteiger partial charge is 0.230 e. The molecule has 2 N–H and O–H groups in total. The Kier molecular flexibility index (Phi) is 6.08. The minimum Gasteiger partial charge on any atom is -0.497 e. The summed E-state index contributed by atoms with van der Waals surface area (Å²) in [7, 11) is 1.64. The van der Waals surface area contributed by atoms with Crippen LogP contribution in [0, 0.1) is 0 Å². The molecule has 1 aromatic carbocycles. The van der Waals surface area contributed by atoms with Crippen molar-refractivity contribution in [1.82, 2.24) is 20.5 Å². The molecule has 25 heavy (non-hydrogen) atoms. The fraction of sp³-hybridized carbons (Fsp3) is 0.235. The molecule has 0 saturated heterocycles. The molecule has 3 aromatic rings. The van der Waals surface area contributed by atoms with Crippen molar-refractivity contribution in [2.45, 2.75) is 11.6 Å².